The monoisotopic (exact) mass is 256 g/mol. The van der Waals surface area contributed by atoms with E-state index in [2.05, 4.69) is 10.2 Å². The number of hydrogen-bond acceptors (Lipinski definition) is 6. The molecule has 0 fully saturated rings. The Kier molecular flexibility index (Phi) is 6.41. The van der Waals surface area contributed by atoms with Crippen molar-refractivity contribution in [3.63, 3.8) is 0 Å². The molecule has 0 atom stereocenters. The van der Waals surface area contributed by atoms with Gasteiger partial charge in [-0.25, -0.2) is 0 Å². The van der Waals surface area contributed by atoms with Crippen molar-refractivity contribution in [2.75, 3.05) is 0 Å². The summed E-state index contributed by atoms with van der Waals surface area (Å²) in [6.07, 6.45) is 0. The molecule has 0 bridgehead atoms. The van der Waals surface area contributed by atoms with Crippen LogP contribution in [0.2, 0.25) is 0 Å². The van der Waals surface area contributed by atoms with E-state index >= 15 is 0 Å². The van der Waals surface area contributed by atoms with E-state index in [1.54, 1.807) is 6.07 Å². The van der Waals surface area contributed by atoms with Gasteiger partial charge in [-0.3, -0.25) is 0 Å². The van der Waals surface area contributed by atoms with E-state index in [4.69, 9.17) is 32.1 Å². The average molecular weight is 256 g/mol. The number of nitrogens with zero attached hydrogens (tertiary/aromatic N) is 4. The second-order valence-corrected chi connectivity index (χ2v) is 3.25. The maximum absolute atomic E-state index is 8.69. The lowest BCUT2D eigenvalue weighted by Crippen LogP contribution is -2.22. The van der Waals surface area contributed by atoms with Gasteiger partial charge in [0.1, 0.15) is 6.07 Å². The van der Waals surface area contributed by atoms with Gasteiger partial charge in [0.2, 0.25) is 5.96 Å². The third-order valence-corrected chi connectivity index (χ3v) is 2.00. The third kappa shape index (κ3) is 7.28. The Labute approximate surface area is 99.4 Å². The lowest BCUT2D eigenvalue weighted by atomic mass is 10.3. The zero-order valence-electron chi connectivity index (χ0n) is 8.35. The maximum atomic E-state index is 8.69. The first-order valence-electron chi connectivity index (χ1n) is 3.91. The molecule has 0 aliphatic rings. The third-order valence-electron chi connectivity index (χ3n) is 1.13. The standard InChI is InChI=1S/C7H7N5S.HNO3/c8-4-5(11-12-7(9)10)6-2-1-3-13-6;2-1(3)4/h1-3H,(H4,9,10,12);(H,2,3,4)/b11-5-;. The van der Waals surface area contributed by atoms with Gasteiger partial charge in [0.05, 0.1) is 4.88 Å². The summed E-state index contributed by atoms with van der Waals surface area (Å²) in [6.45, 7) is 0. The Bertz CT molecular complexity index is 452. The van der Waals surface area contributed by atoms with Crippen molar-refractivity contribution in [2.45, 2.75) is 0 Å². The van der Waals surface area contributed by atoms with Crippen LogP contribution < -0.4 is 11.5 Å². The molecule has 17 heavy (non-hydrogen) atoms. The zero-order valence-corrected chi connectivity index (χ0v) is 9.16. The van der Waals surface area contributed by atoms with Gasteiger partial charge in [-0.2, -0.15) is 5.26 Å². The van der Waals surface area contributed by atoms with Crippen molar-refractivity contribution in [1.82, 2.24) is 0 Å². The molecule has 90 valence electrons. The predicted octanol–water partition coefficient (Wildman–Crippen LogP) is -0.0985. The summed E-state index contributed by atoms with van der Waals surface area (Å²) in [6, 6.07) is 5.50. The molecule has 0 spiro atoms. The molecule has 0 aromatic carbocycles. The number of guanidine groups is 1. The van der Waals surface area contributed by atoms with E-state index in [9.17, 15) is 0 Å². The van der Waals surface area contributed by atoms with E-state index in [0.717, 1.165) is 4.88 Å². The first-order valence-corrected chi connectivity index (χ1v) is 4.79. The maximum Gasteiger partial charge on any atom is 0.291 e. The highest BCUT2D eigenvalue weighted by Crippen LogP contribution is 2.09. The van der Waals surface area contributed by atoms with Crippen LogP contribution in [0.15, 0.2) is 27.7 Å². The Hall–Kier alpha value is -2.67. The zero-order chi connectivity index (χ0) is 13.3. The van der Waals surface area contributed by atoms with E-state index in [-0.39, 0.29) is 11.7 Å². The number of thiophene rings is 1. The molecule has 0 aliphatic carbocycles. The van der Waals surface area contributed by atoms with Gasteiger partial charge in [-0.05, 0) is 11.4 Å². The van der Waals surface area contributed by atoms with Crippen molar-refractivity contribution < 1.29 is 10.3 Å². The van der Waals surface area contributed by atoms with Gasteiger partial charge in [0.15, 0.2) is 5.71 Å². The quantitative estimate of drug-likeness (QED) is 0.289. The van der Waals surface area contributed by atoms with E-state index in [1.807, 2.05) is 17.5 Å². The summed E-state index contributed by atoms with van der Waals surface area (Å²) >= 11 is 1.40. The van der Waals surface area contributed by atoms with Crippen molar-refractivity contribution >= 4 is 23.0 Å². The van der Waals surface area contributed by atoms with Gasteiger partial charge in [-0.15, -0.1) is 31.7 Å². The molecular weight excluding hydrogens is 248 g/mol. The van der Waals surface area contributed by atoms with Crippen LogP contribution in [0.4, 0.5) is 0 Å². The fraction of sp³-hybridized carbons (Fsp3) is 0. The second kappa shape index (κ2) is 7.60. The molecular formula is C7H8N6O3S. The fourth-order valence-electron chi connectivity index (χ4n) is 0.648. The Morgan fingerprint density at radius 1 is 1.59 bits per heavy atom. The van der Waals surface area contributed by atoms with E-state index in [0.29, 0.717) is 0 Å². The predicted molar refractivity (Wildman–Crippen MR) is 61.1 cm³/mol. The molecule has 0 amide bonds. The summed E-state index contributed by atoms with van der Waals surface area (Å²) in [4.78, 5) is 9.10. The van der Waals surface area contributed by atoms with Crippen LogP contribution in [0.25, 0.3) is 0 Å². The largest absolute Gasteiger partial charge is 0.369 e. The molecule has 1 rings (SSSR count). The highest BCUT2D eigenvalue weighted by Gasteiger charge is 2.01. The van der Waals surface area contributed by atoms with Gasteiger partial charge in [-0.1, -0.05) is 6.07 Å². The van der Waals surface area contributed by atoms with Crippen LogP contribution in [-0.2, 0) is 0 Å². The van der Waals surface area contributed by atoms with Crippen molar-refractivity contribution in [3.05, 3.63) is 32.5 Å². The van der Waals surface area contributed by atoms with Gasteiger partial charge < -0.3 is 16.7 Å². The minimum absolute atomic E-state index is 0.163. The lowest BCUT2D eigenvalue weighted by molar-refractivity contribution is -0.742. The van der Waals surface area contributed by atoms with Crippen molar-refractivity contribution in [2.24, 2.45) is 21.7 Å². The highest BCUT2D eigenvalue weighted by molar-refractivity contribution is 7.12. The molecule has 0 saturated carbocycles. The normalized spacial score (nSPS) is 9.47. The van der Waals surface area contributed by atoms with Crippen molar-refractivity contribution in [1.29, 1.82) is 5.26 Å². The molecule has 0 aliphatic heterocycles. The smallest absolute Gasteiger partial charge is 0.291 e. The minimum atomic E-state index is -1.50. The SMILES string of the molecule is N#C/C(=N/N=C(N)N)c1cccs1.O=[N+]([O-])O. The topological polar surface area (TPSA) is 164 Å². The van der Waals surface area contributed by atoms with Crippen LogP contribution >= 0.6 is 11.3 Å². The molecule has 1 heterocycles. The first-order chi connectivity index (χ1) is 7.97. The minimum Gasteiger partial charge on any atom is -0.369 e. The second-order valence-electron chi connectivity index (χ2n) is 2.30. The van der Waals surface area contributed by atoms with Crippen LogP contribution in [0.1, 0.15) is 4.88 Å². The summed E-state index contributed by atoms with van der Waals surface area (Å²) in [5, 5.41) is 31.2. The number of hydrogen-bond donors (Lipinski definition) is 3. The molecule has 0 radical (unpaired) electrons. The summed E-state index contributed by atoms with van der Waals surface area (Å²) in [5.74, 6) is -0.163. The molecule has 10 heteroatoms. The lowest BCUT2D eigenvalue weighted by Gasteiger charge is -1.88. The average Bonchev–Trinajstić information content (AvgIpc) is 2.70. The van der Waals surface area contributed by atoms with Crippen LogP contribution in [0.3, 0.4) is 0 Å². The van der Waals surface area contributed by atoms with Crippen LogP contribution in [0, 0.1) is 21.4 Å². The molecule has 1 aromatic rings. The van der Waals surface area contributed by atoms with E-state index < -0.39 is 5.09 Å². The molecule has 0 unspecified atom stereocenters. The van der Waals surface area contributed by atoms with Crippen LogP contribution in [0.5, 0.6) is 0 Å². The van der Waals surface area contributed by atoms with Gasteiger partial charge in [0, 0.05) is 0 Å². The van der Waals surface area contributed by atoms with Gasteiger partial charge >= 0.3 is 0 Å². The highest BCUT2D eigenvalue weighted by atomic mass is 32.1. The number of nitriles is 1. The van der Waals surface area contributed by atoms with E-state index in [1.165, 1.54) is 11.3 Å². The first kappa shape index (κ1) is 14.3. The van der Waals surface area contributed by atoms with Gasteiger partial charge in [0.25, 0.3) is 5.09 Å². The number of rotatable bonds is 2. The number of nitrogens with two attached hydrogens (primary N) is 2. The molecule has 1 aromatic heterocycles. The molecule has 0 saturated heterocycles. The summed E-state index contributed by atoms with van der Waals surface area (Å²) in [5.41, 5.74) is 10.3. The Morgan fingerprint density at radius 3 is 2.53 bits per heavy atom. The summed E-state index contributed by atoms with van der Waals surface area (Å²) < 4.78 is 0. The molecule has 9 nitrogen and oxygen atoms in total. The summed E-state index contributed by atoms with van der Waals surface area (Å²) in [7, 11) is 0. The Balaban J connectivity index is 0.000000557. The Morgan fingerprint density at radius 2 is 2.18 bits per heavy atom. The van der Waals surface area contributed by atoms with Crippen molar-refractivity contribution in [3.8, 4) is 6.07 Å². The fourth-order valence-corrected chi connectivity index (χ4v) is 1.31. The van der Waals surface area contributed by atoms with Crippen LogP contribution in [-0.4, -0.2) is 22.0 Å². The molecule has 5 N–H and O–H groups in total.